The fraction of sp³-hybridized carbons (Fsp3) is 0.438. The molecule has 0 aliphatic heterocycles. The first kappa shape index (κ1) is 16.1. The van der Waals surface area contributed by atoms with Crippen molar-refractivity contribution in [2.75, 3.05) is 34.2 Å². The van der Waals surface area contributed by atoms with E-state index in [1.54, 1.807) is 20.2 Å². The molecule has 108 valence electrons. The molecular formula is C16H22N2O2. The summed E-state index contributed by atoms with van der Waals surface area (Å²) in [4.78, 5) is 15.0. The van der Waals surface area contributed by atoms with Crippen molar-refractivity contribution in [3.8, 4) is 18.1 Å². The molecule has 0 aliphatic rings. The number of rotatable bonds is 5. The molecule has 1 aromatic carbocycles. The van der Waals surface area contributed by atoms with Gasteiger partial charge in [-0.15, -0.1) is 6.42 Å². The van der Waals surface area contributed by atoms with E-state index in [2.05, 4.69) is 17.7 Å². The average molecular weight is 274 g/mol. The molecule has 0 spiro atoms. The van der Waals surface area contributed by atoms with E-state index in [9.17, 15) is 4.79 Å². The third kappa shape index (κ3) is 4.94. The minimum Gasteiger partial charge on any atom is -0.410 e. The third-order valence-electron chi connectivity index (χ3n) is 2.94. The number of likely N-dealkylation sites (N-methyl/N-ethyl adjacent to an activating group) is 1. The van der Waals surface area contributed by atoms with Gasteiger partial charge >= 0.3 is 6.09 Å². The van der Waals surface area contributed by atoms with Crippen molar-refractivity contribution in [2.45, 2.75) is 12.8 Å². The summed E-state index contributed by atoms with van der Waals surface area (Å²) < 4.78 is 5.26. The molecule has 0 aromatic heterocycles. The third-order valence-corrected chi connectivity index (χ3v) is 2.94. The standard InChI is InChI=1S/C16H22N2O2/c1-6-10-18(5)12-13(2)14-8-7-9-15(11-14)20-16(19)17(3)4/h1,7-9,11,13H,10,12H2,2-5H3. The van der Waals surface area contributed by atoms with Crippen LogP contribution in [0.4, 0.5) is 4.79 Å². The van der Waals surface area contributed by atoms with Crippen LogP contribution in [0.1, 0.15) is 18.4 Å². The second-order valence-corrected chi connectivity index (χ2v) is 5.14. The predicted molar refractivity (Wildman–Crippen MR) is 80.9 cm³/mol. The average Bonchev–Trinajstić information content (AvgIpc) is 2.39. The summed E-state index contributed by atoms with van der Waals surface area (Å²) in [6, 6.07) is 7.60. The molecule has 0 aliphatic carbocycles. The number of nitrogens with zero attached hydrogens (tertiary/aromatic N) is 2. The van der Waals surface area contributed by atoms with Gasteiger partial charge in [-0.25, -0.2) is 4.79 Å². The lowest BCUT2D eigenvalue weighted by Crippen LogP contribution is -2.25. The fourth-order valence-electron chi connectivity index (χ4n) is 1.87. The molecule has 4 heteroatoms. The second kappa shape index (κ2) is 7.56. The van der Waals surface area contributed by atoms with Crippen molar-refractivity contribution >= 4 is 6.09 Å². The highest BCUT2D eigenvalue weighted by molar-refractivity contribution is 5.70. The van der Waals surface area contributed by atoms with E-state index < -0.39 is 0 Å². The van der Waals surface area contributed by atoms with Gasteiger partial charge in [0.1, 0.15) is 5.75 Å². The Labute approximate surface area is 121 Å². The van der Waals surface area contributed by atoms with Gasteiger partial charge in [0.05, 0.1) is 6.54 Å². The van der Waals surface area contributed by atoms with Crippen LogP contribution in [0.25, 0.3) is 0 Å². The van der Waals surface area contributed by atoms with Gasteiger partial charge in [-0.2, -0.15) is 0 Å². The highest BCUT2D eigenvalue weighted by Gasteiger charge is 2.11. The SMILES string of the molecule is C#CCN(C)CC(C)c1cccc(OC(=O)N(C)C)c1. The zero-order valence-corrected chi connectivity index (χ0v) is 12.6. The van der Waals surface area contributed by atoms with Crippen LogP contribution in [0.3, 0.4) is 0 Å². The highest BCUT2D eigenvalue weighted by Crippen LogP contribution is 2.21. The number of carbonyl (C=O) groups excluding carboxylic acids is 1. The number of ether oxygens (including phenoxy) is 1. The van der Waals surface area contributed by atoms with Crippen LogP contribution in [-0.2, 0) is 0 Å². The second-order valence-electron chi connectivity index (χ2n) is 5.14. The van der Waals surface area contributed by atoms with Crippen LogP contribution >= 0.6 is 0 Å². The van der Waals surface area contributed by atoms with Crippen LogP contribution in [-0.4, -0.2) is 50.1 Å². The summed E-state index contributed by atoms with van der Waals surface area (Å²) in [5.74, 6) is 3.50. The lowest BCUT2D eigenvalue weighted by molar-refractivity contribution is 0.172. The van der Waals surface area contributed by atoms with Crippen molar-refractivity contribution < 1.29 is 9.53 Å². The quantitative estimate of drug-likeness (QED) is 0.773. The highest BCUT2D eigenvalue weighted by atomic mass is 16.6. The molecule has 1 unspecified atom stereocenters. The van der Waals surface area contributed by atoms with Crippen LogP contribution in [0.5, 0.6) is 5.75 Å². The first-order chi connectivity index (χ1) is 9.43. The Hall–Kier alpha value is -1.99. The Morgan fingerprint density at radius 1 is 1.40 bits per heavy atom. The molecule has 0 radical (unpaired) electrons. The maximum absolute atomic E-state index is 11.5. The lowest BCUT2D eigenvalue weighted by Gasteiger charge is -2.20. The van der Waals surface area contributed by atoms with Crippen molar-refractivity contribution in [3.63, 3.8) is 0 Å². The molecule has 0 fully saturated rings. The fourth-order valence-corrected chi connectivity index (χ4v) is 1.87. The Morgan fingerprint density at radius 2 is 2.10 bits per heavy atom. The molecule has 0 saturated heterocycles. The van der Waals surface area contributed by atoms with Crippen LogP contribution in [0, 0.1) is 12.3 Å². The van der Waals surface area contributed by atoms with E-state index in [1.165, 1.54) is 4.90 Å². The molecule has 1 aromatic rings. The molecule has 1 atom stereocenters. The van der Waals surface area contributed by atoms with Crippen molar-refractivity contribution in [1.82, 2.24) is 9.80 Å². The Kier molecular flexibility index (Phi) is 6.08. The monoisotopic (exact) mass is 274 g/mol. The van der Waals surface area contributed by atoms with Crippen molar-refractivity contribution in [3.05, 3.63) is 29.8 Å². The van der Waals surface area contributed by atoms with Crippen LogP contribution in [0.15, 0.2) is 24.3 Å². The van der Waals surface area contributed by atoms with E-state index in [0.717, 1.165) is 12.1 Å². The number of benzene rings is 1. The van der Waals surface area contributed by atoms with Crippen molar-refractivity contribution in [2.24, 2.45) is 0 Å². The molecule has 0 saturated carbocycles. The summed E-state index contributed by atoms with van der Waals surface area (Å²) in [5, 5.41) is 0. The molecule has 4 nitrogen and oxygen atoms in total. The Bertz CT molecular complexity index is 491. The molecular weight excluding hydrogens is 252 g/mol. The van der Waals surface area contributed by atoms with Crippen LogP contribution in [0.2, 0.25) is 0 Å². The van der Waals surface area contributed by atoms with Gasteiger partial charge in [-0.05, 0) is 30.7 Å². The summed E-state index contributed by atoms with van der Waals surface area (Å²) in [6.07, 6.45) is 4.92. The van der Waals surface area contributed by atoms with E-state index in [1.807, 2.05) is 25.2 Å². The topological polar surface area (TPSA) is 32.8 Å². The molecule has 0 N–H and O–H groups in total. The number of hydrogen-bond donors (Lipinski definition) is 0. The summed E-state index contributed by atoms with van der Waals surface area (Å²) >= 11 is 0. The summed E-state index contributed by atoms with van der Waals surface area (Å²) in [6.45, 7) is 3.61. The maximum atomic E-state index is 11.5. The maximum Gasteiger partial charge on any atom is 0.414 e. The Balaban J connectivity index is 2.72. The number of amides is 1. The minimum atomic E-state index is -0.376. The summed E-state index contributed by atoms with van der Waals surface area (Å²) in [5.41, 5.74) is 1.12. The van der Waals surface area contributed by atoms with Gasteiger partial charge in [0, 0.05) is 20.6 Å². The number of carbonyl (C=O) groups is 1. The van der Waals surface area contributed by atoms with E-state index >= 15 is 0 Å². The minimum absolute atomic E-state index is 0.311. The normalized spacial score (nSPS) is 11.8. The van der Waals surface area contributed by atoms with Gasteiger partial charge < -0.3 is 9.64 Å². The van der Waals surface area contributed by atoms with Gasteiger partial charge in [0.2, 0.25) is 0 Å². The lowest BCUT2D eigenvalue weighted by atomic mass is 10.0. The molecule has 1 amide bonds. The number of terminal acetylenes is 1. The first-order valence-corrected chi connectivity index (χ1v) is 6.55. The summed E-state index contributed by atoms with van der Waals surface area (Å²) in [7, 11) is 5.31. The van der Waals surface area contributed by atoms with E-state index in [4.69, 9.17) is 11.2 Å². The van der Waals surface area contributed by atoms with Gasteiger partial charge in [0.25, 0.3) is 0 Å². The van der Waals surface area contributed by atoms with E-state index in [-0.39, 0.29) is 6.09 Å². The number of hydrogen-bond acceptors (Lipinski definition) is 3. The van der Waals surface area contributed by atoms with Crippen molar-refractivity contribution in [1.29, 1.82) is 0 Å². The van der Waals surface area contributed by atoms with Crippen LogP contribution < -0.4 is 4.74 Å². The van der Waals surface area contributed by atoms with Gasteiger partial charge in [-0.3, -0.25) is 4.90 Å². The van der Waals surface area contributed by atoms with Gasteiger partial charge in [0.15, 0.2) is 0 Å². The van der Waals surface area contributed by atoms with Gasteiger partial charge in [-0.1, -0.05) is 25.0 Å². The molecule has 20 heavy (non-hydrogen) atoms. The molecule has 0 heterocycles. The predicted octanol–water partition coefficient (Wildman–Crippen LogP) is 2.42. The molecule has 1 rings (SSSR count). The first-order valence-electron chi connectivity index (χ1n) is 6.55. The zero-order valence-electron chi connectivity index (χ0n) is 12.6. The largest absolute Gasteiger partial charge is 0.414 e. The molecule has 0 bridgehead atoms. The van der Waals surface area contributed by atoms with E-state index in [0.29, 0.717) is 18.2 Å². The Morgan fingerprint density at radius 3 is 2.70 bits per heavy atom. The zero-order chi connectivity index (χ0) is 15.1. The smallest absolute Gasteiger partial charge is 0.410 e.